The van der Waals surface area contributed by atoms with Crippen LogP contribution in [0.4, 0.5) is 4.39 Å². The Hall–Kier alpha value is -3.45. The van der Waals surface area contributed by atoms with Crippen molar-refractivity contribution in [3.8, 4) is 17.4 Å². The number of carbonyl (C=O) groups is 1. The van der Waals surface area contributed by atoms with Gasteiger partial charge in [-0.3, -0.25) is 4.79 Å². The number of rotatable bonds is 9. The van der Waals surface area contributed by atoms with Gasteiger partial charge in [0, 0.05) is 25.4 Å². The van der Waals surface area contributed by atoms with Crippen molar-refractivity contribution in [1.29, 1.82) is 0 Å². The Labute approximate surface area is 187 Å². The van der Waals surface area contributed by atoms with E-state index in [1.165, 1.54) is 31.2 Å². The summed E-state index contributed by atoms with van der Waals surface area (Å²) in [6, 6.07) is 16.8. The lowest BCUT2D eigenvalue weighted by atomic mass is 10.2. The van der Waals surface area contributed by atoms with Crippen molar-refractivity contribution in [2.45, 2.75) is 19.4 Å². The van der Waals surface area contributed by atoms with Crippen LogP contribution in [-0.4, -0.2) is 42.0 Å². The largest absolute Gasteiger partial charge is 0.489 e. The number of halogens is 1. The predicted molar refractivity (Wildman–Crippen MR) is 119 cm³/mol. The highest BCUT2D eigenvalue weighted by molar-refractivity contribution is 5.93. The van der Waals surface area contributed by atoms with Crippen LogP contribution in [0.1, 0.15) is 28.8 Å². The molecule has 0 atom stereocenters. The van der Waals surface area contributed by atoms with E-state index in [4.69, 9.17) is 9.47 Å². The molecule has 2 heterocycles. The number of pyridine rings is 1. The molecule has 166 valence electrons. The maximum absolute atomic E-state index is 13.2. The minimum atomic E-state index is -0.284. The van der Waals surface area contributed by atoms with Gasteiger partial charge in [0.25, 0.3) is 5.91 Å². The van der Waals surface area contributed by atoms with Crippen LogP contribution in [-0.2, 0) is 6.61 Å². The molecular formula is C25H26FN3O3. The lowest BCUT2D eigenvalue weighted by Gasteiger charge is -2.14. The minimum absolute atomic E-state index is 0.136. The molecule has 1 aromatic heterocycles. The van der Waals surface area contributed by atoms with Crippen LogP contribution in [0, 0.1) is 5.82 Å². The Bertz CT molecular complexity index is 1020. The zero-order valence-corrected chi connectivity index (χ0v) is 17.8. The first-order valence-electron chi connectivity index (χ1n) is 10.8. The molecule has 32 heavy (non-hydrogen) atoms. The van der Waals surface area contributed by atoms with E-state index >= 15 is 0 Å². The third kappa shape index (κ3) is 6.28. The number of aromatic nitrogens is 1. The molecule has 7 heteroatoms. The van der Waals surface area contributed by atoms with Crippen LogP contribution in [0.5, 0.6) is 17.4 Å². The molecule has 1 fully saturated rings. The van der Waals surface area contributed by atoms with E-state index in [1.54, 1.807) is 42.5 Å². The summed E-state index contributed by atoms with van der Waals surface area (Å²) in [4.78, 5) is 18.8. The van der Waals surface area contributed by atoms with E-state index in [0.29, 0.717) is 29.5 Å². The summed E-state index contributed by atoms with van der Waals surface area (Å²) in [6.07, 6.45) is 3.99. The van der Waals surface area contributed by atoms with Crippen molar-refractivity contribution < 1.29 is 18.7 Å². The first-order chi connectivity index (χ1) is 15.7. The fraction of sp³-hybridized carbons (Fsp3) is 0.280. The van der Waals surface area contributed by atoms with Gasteiger partial charge in [-0.2, -0.15) is 0 Å². The molecule has 0 unspecified atom stereocenters. The molecule has 0 aliphatic carbocycles. The number of benzene rings is 2. The van der Waals surface area contributed by atoms with Gasteiger partial charge >= 0.3 is 0 Å². The summed E-state index contributed by atoms with van der Waals surface area (Å²) >= 11 is 0. The zero-order chi connectivity index (χ0) is 22.2. The summed E-state index contributed by atoms with van der Waals surface area (Å²) in [5.74, 6) is 1.22. The lowest BCUT2D eigenvalue weighted by molar-refractivity contribution is 0.0949. The van der Waals surface area contributed by atoms with Crippen LogP contribution < -0.4 is 14.8 Å². The standard InChI is InChI=1S/C25H26FN3O3/c26-21-5-3-4-19(16-21)18-31-22-7-9-23(10-8-22)32-24-11-6-20(17-28-24)25(30)27-12-15-29-13-1-2-14-29/h3-11,16-17H,1-2,12-15,18H2,(H,27,30). The third-order valence-corrected chi connectivity index (χ3v) is 5.25. The summed E-state index contributed by atoms with van der Waals surface area (Å²) in [5, 5.41) is 2.93. The van der Waals surface area contributed by atoms with Crippen molar-refractivity contribution >= 4 is 5.91 Å². The van der Waals surface area contributed by atoms with E-state index in [1.807, 2.05) is 6.07 Å². The number of nitrogens with one attached hydrogen (secondary N) is 1. The Kier molecular flexibility index (Phi) is 7.30. The van der Waals surface area contributed by atoms with Crippen LogP contribution in [0.2, 0.25) is 0 Å². The Morgan fingerprint density at radius 3 is 2.53 bits per heavy atom. The first kappa shape index (κ1) is 21.8. The number of carbonyl (C=O) groups excluding carboxylic acids is 1. The molecule has 1 saturated heterocycles. The molecule has 1 aliphatic heterocycles. The number of hydrogen-bond acceptors (Lipinski definition) is 5. The van der Waals surface area contributed by atoms with E-state index < -0.39 is 0 Å². The van der Waals surface area contributed by atoms with Crippen LogP contribution in [0.15, 0.2) is 66.9 Å². The fourth-order valence-electron chi connectivity index (χ4n) is 3.53. The monoisotopic (exact) mass is 435 g/mol. The molecule has 3 aromatic rings. The number of hydrogen-bond donors (Lipinski definition) is 1. The van der Waals surface area contributed by atoms with Crippen molar-refractivity contribution in [3.05, 3.63) is 83.8 Å². The molecule has 0 bridgehead atoms. The number of ether oxygens (including phenoxy) is 2. The van der Waals surface area contributed by atoms with Gasteiger partial charge in [0.05, 0.1) is 5.56 Å². The van der Waals surface area contributed by atoms with Crippen molar-refractivity contribution in [2.75, 3.05) is 26.2 Å². The molecule has 6 nitrogen and oxygen atoms in total. The highest BCUT2D eigenvalue weighted by Gasteiger charge is 2.12. The number of likely N-dealkylation sites (tertiary alicyclic amines) is 1. The molecule has 0 radical (unpaired) electrons. The van der Waals surface area contributed by atoms with Crippen LogP contribution >= 0.6 is 0 Å². The van der Waals surface area contributed by atoms with Gasteiger partial charge in [-0.25, -0.2) is 9.37 Å². The number of amides is 1. The smallest absolute Gasteiger partial charge is 0.252 e. The Morgan fingerprint density at radius 1 is 1.03 bits per heavy atom. The highest BCUT2D eigenvalue weighted by Crippen LogP contribution is 2.23. The zero-order valence-electron chi connectivity index (χ0n) is 17.8. The lowest BCUT2D eigenvalue weighted by Crippen LogP contribution is -2.33. The molecule has 0 spiro atoms. The van der Waals surface area contributed by atoms with E-state index in [2.05, 4.69) is 15.2 Å². The summed E-state index contributed by atoms with van der Waals surface area (Å²) < 4.78 is 24.6. The maximum atomic E-state index is 13.2. The van der Waals surface area contributed by atoms with Crippen molar-refractivity contribution in [1.82, 2.24) is 15.2 Å². The van der Waals surface area contributed by atoms with Crippen molar-refractivity contribution in [2.24, 2.45) is 0 Å². The first-order valence-corrected chi connectivity index (χ1v) is 10.8. The van der Waals surface area contributed by atoms with Crippen LogP contribution in [0.25, 0.3) is 0 Å². The molecule has 1 aliphatic rings. The topological polar surface area (TPSA) is 63.7 Å². The Morgan fingerprint density at radius 2 is 1.81 bits per heavy atom. The molecule has 4 rings (SSSR count). The summed E-state index contributed by atoms with van der Waals surface area (Å²) in [5.41, 5.74) is 1.26. The van der Waals surface area contributed by atoms with E-state index in [-0.39, 0.29) is 18.3 Å². The second kappa shape index (κ2) is 10.7. The Balaban J connectivity index is 1.24. The average molecular weight is 435 g/mol. The maximum Gasteiger partial charge on any atom is 0.252 e. The fourth-order valence-corrected chi connectivity index (χ4v) is 3.53. The molecular weight excluding hydrogens is 409 g/mol. The SMILES string of the molecule is O=C(NCCN1CCCC1)c1ccc(Oc2ccc(OCc3cccc(F)c3)cc2)nc1. The van der Waals surface area contributed by atoms with E-state index in [0.717, 1.165) is 25.2 Å². The normalized spacial score (nSPS) is 13.7. The second-order valence-corrected chi connectivity index (χ2v) is 7.68. The van der Waals surface area contributed by atoms with Gasteiger partial charge in [-0.05, 0) is 74.0 Å². The summed E-state index contributed by atoms with van der Waals surface area (Å²) in [7, 11) is 0. The third-order valence-electron chi connectivity index (χ3n) is 5.25. The van der Waals surface area contributed by atoms with Gasteiger partial charge in [-0.15, -0.1) is 0 Å². The van der Waals surface area contributed by atoms with Crippen LogP contribution in [0.3, 0.4) is 0 Å². The highest BCUT2D eigenvalue weighted by atomic mass is 19.1. The minimum Gasteiger partial charge on any atom is -0.489 e. The van der Waals surface area contributed by atoms with E-state index in [9.17, 15) is 9.18 Å². The van der Waals surface area contributed by atoms with Gasteiger partial charge in [-0.1, -0.05) is 12.1 Å². The van der Waals surface area contributed by atoms with Gasteiger partial charge in [0.2, 0.25) is 5.88 Å². The van der Waals surface area contributed by atoms with Crippen molar-refractivity contribution in [3.63, 3.8) is 0 Å². The molecule has 0 saturated carbocycles. The molecule has 1 N–H and O–H groups in total. The van der Waals surface area contributed by atoms with Gasteiger partial charge < -0.3 is 19.7 Å². The summed E-state index contributed by atoms with van der Waals surface area (Å²) in [6.45, 7) is 4.02. The average Bonchev–Trinajstić information content (AvgIpc) is 3.33. The molecule has 2 aromatic carbocycles. The predicted octanol–water partition coefficient (Wildman–Crippen LogP) is 4.42. The van der Waals surface area contributed by atoms with Gasteiger partial charge in [0.1, 0.15) is 23.9 Å². The molecule has 1 amide bonds. The second-order valence-electron chi connectivity index (χ2n) is 7.68. The quantitative estimate of drug-likeness (QED) is 0.539. The van der Waals surface area contributed by atoms with Gasteiger partial charge in [0.15, 0.2) is 0 Å². The number of nitrogens with zero attached hydrogens (tertiary/aromatic N) is 2.